The summed E-state index contributed by atoms with van der Waals surface area (Å²) in [5.74, 6) is 0.157. The molecule has 0 heterocycles. The van der Waals surface area contributed by atoms with E-state index in [9.17, 15) is 9.59 Å². The van der Waals surface area contributed by atoms with Crippen molar-refractivity contribution in [1.29, 1.82) is 0 Å². The van der Waals surface area contributed by atoms with Crippen LogP contribution in [0.2, 0.25) is 0 Å². The van der Waals surface area contributed by atoms with Crippen LogP contribution in [-0.4, -0.2) is 18.4 Å². The highest BCUT2D eigenvalue weighted by Gasteiger charge is 2.10. The van der Waals surface area contributed by atoms with E-state index in [1.165, 1.54) is 0 Å². The van der Waals surface area contributed by atoms with E-state index in [4.69, 9.17) is 4.74 Å². The Balaban J connectivity index is 1.33. The summed E-state index contributed by atoms with van der Waals surface area (Å²) in [6.45, 7) is 1.77. The Morgan fingerprint density at radius 1 is 0.812 bits per heavy atom. The minimum atomic E-state index is -0.276. The number of rotatable bonds is 6. The molecule has 160 valence electrons. The highest BCUT2D eigenvalue weighted by atomic mass is 79.9. The van der Waals surface area contributed by atoms with Crippen LogP contribution in [0.5, 0.6) is 5.75 Å². The van der Waals surface area contributed by atoms with Crippen molar-refractivity contribution in [3.8, 4) is 5.75 Å². The molecule has 0 unspecified atom stereocenters. The van der Waals surface area contributed by atoms with Gasteiger partial charge in [-0.3, -0.25) is 9.59 Å². The van der Waals surface area contributed by atoms with Gasteiger partial charge in [-0.2, -0.15) is 0 Å². The summed E-state index contributed by atoms with van der Waals surface area (Å²) in [5, 5.41) is 7.77. The molecule has 0 atom stereocenters. The second kappa shape index (κ2) is 9.66. The number of amides is 2. The summed E-state index contributed by atoms with van der Waals surface area (Å²) in [5.41, 5.74) is 2.80. The van der Waals surface area contributed by atoms with E-state index in [1.54, 1.807) is 30.3 Å². The lowest BCUT2D eigenvalue weighted by atomic mass is 10.1. The highest BCUT2D eigenvalue weighted by Crippen LogP contribution is 2.33. The van der Waals surface area contributed by atoms with Crippen molar-refractivity contribution in [2.75, 3.05) is 17.2 Å². The maximum Gasteiger partial charge on any atom is 0.262 e. The van der Waals surface area contributed by atoms with E-state index in [0.717, 1.165) is 20.8 Å². The fourth-order valence-corrected chi connectivity index (χ4v) is 3.94. The number of anilines is 2. The van der Waals surface area contributed by atoms with Crippen molar-refractivity contribution in [3.63, 3.8) is 0 Å². The van der Waals surface area contributed by atoms with E-state index >= 15 is 0 Å². The molecule has 0 aliphatic rings. The van der Waals surface area contributed by atoms with Crippen LogP contribution in [0.3, 0.4) is 0 Å². The molecule has 4 aromatic rings. The molecule has 2 N–H and O–H groups in total. The molecule has 0 bridgehead atoms. The number of benzene rings is 4. The van der Waals surface area contributed by atoms with Crippen LogP contribution in [-0.2, 0) is 4.79 Å². The van der Waals surface area contributed by atoms with Crippen molar-refractivity contribution in [1.82, 2.24) is 0 Å². The molecule has 0 spiro atoms. The van der Waals surface area contributed by atoms with Gasteiger partial charge in [0, 0.05) is 16.9 Å². The Labute approximate surface area is 194 Å². The number of hydrogen-bond acceptors (Lipinski definition) is 3. The van der Waals surface area contributed by atoms with Gasteiger partial charge in [-0.05, 0) is 75.6 Å². The maximum atomic E-state index is 12.4. The van der Waals surface area contributed by atoms with Gasteiger partial charge in [-0.15, -0.1) is 0 Å². The minimum Gasteiger partial charge on any atom is -0.483 e. The topological polar surface area (TPSA) is 67.4 Å². The normalized spacial score (nSPS) is 10.6. The first-order valence-electron chi connectivity index (χ1n) is 10.1. The average Bonchev–Trinajstić information content (AvgIpc) is 2.80. The molecule has 4 aromatic carbocycles. The van der Waals surface area contributed by atoms with E-state index in [-0.39, 0.29) is 18.4 Å². The number of fused-ring (bicyclic) bond motifs is 1. The summed E-state index contributed by atoms with van der Waals surface area (Å²) in [6.07, 6.45) is 0. The van der Waals surface area contributed by atoms with Crippen LogP contribution in [0.25, 0.3) is 10.8 Å². The smallest absolute Gasteiger partial charge is 0.262 e. The third-order valence-electron chi connectivity index (χ3n) is 5.00. The van der Waals surface area contributed by atoms with Crippen LogP contribution < -0.4 is 15.4 Å². The van der Waals surface area contributed by atoms with E-state index < -0.39 is 0 Å². The Bertz CT molecular complexity index is 1290. The number of nitrogens with one attached hydrogen (secondary N) is 2. The Morgan fingerprint density at radius 2 is 1.47 bits per heavy atom. The van der Waals surface area contributed by atoms with E-state index in [1.807, 2.05) is 61.5 Å². The Morgan fingerprint density at radius 3 is 2.22 bits per heavy atom. The summed E-state index contributed by atoms with van der Waals surface area (Å²) >= 11 is 3.56. The van der Waals surface area contributed by atoms with Gasteiger partial charge < -0.3 is 15.4 Å². The molecule has 0 radical (unpaired) electrons. The predicted octanol–water partition coefficient (Wildman–Crippen LogP) is 6.18. The lowest BCUT2D eigenvalue weighted by Gasteiger charge is -2.11. The third kappa shape index (κ3) is 4.98. The molecule has 6 heteroatoms. The monoisotopic (exact) mass is 488 g/mol. The Kier molecular flexibility index (Phi) is 6.52. The molecule has 0 aliphatic carbocycles. The maximum absolute atomic E-state index is 12.4. The number of carbonyl (C=O) groups excluding carboxylic acids is 2. The van der Waals surface area contributed by atoms with Crippen LogP contribution in [0.15, 0.2) is 89.4 Å². The van der Waals surface area contributed by atoms with Gasteiger partial charge >= 0.3 is 0 Å². The Hall–Kier alpha value is -3.64. The fourth-order valence-electron chi connectivity index (χ4n) is 3.33. The number of carbonyl (C=O) groups is 2. The average molecular weight is 489 g/mol. The van der Waals surface area contributed by atoms with Gasteiger partial charge in [0.1, 0.15) is 5.75 Å². The molecule has 0 fully saturated rings. The molecule has 0 aromatic heterocycles. The second-order valence-electron chi connectivity index (χ2n) is 7.28. The summed E-state index contributed by atoms with van der Waals surface area (Å²) in [4.78, 5) is 24.8. The first kappa shape index (κ1) is 21.6. The quantitative estimate of drug-likeness (QED) is 0.340. The van der Waals surface area contributed by atoms with Gasteiger partial charge in [0.2, 0.25) is 0 Å². The van der Waals surface area contributed by atoms with Crippen LogP contribution >= 0.6 is 15.9 Å². The molecule has 0 saturated heterocycles. The number of hydrogen-bond donors (Lipinski definition) is 2. The largest absolute Gasteiger partial charge is 0.483 e. The number of ether oxygens (including phenoxy) is 1. The lowest BCUT2D eigenvalue weighted by molar-refractivity contribution is -0.118. The first-order chi connectivity index (χ1) is 15.5. The van der Waals surface area contributed by atoms with Gasteiger partial charge in [0.15, 0.2) is 6.61 Å². The molecule has 2 amide bonds. The lowest BCUT2D eigenvalue weighted by Crippen LogP contribution is -2.20. The molecule has 32 heavy (non-hydrogen) atoms. The predicted molar refractivity (Wildman–Crippen MR) is 131 cm³/mol. The second-order valence-corrected chi connectivity index (χ2v) is 8.08. The minimum absolute atomic E-state index is 0.122. The SMILES string of the molecule is Cc1ccccc1C(=O)Nc1ccc(NC(=O)COc2ccc3ccccc3c2Br)cc1. The van der Waals surface area contributed by atoms with Gasteiger partial charge in [-0.25, -0.2) is 0 Å². The van der Waals surface area contributed by atoms with Crippen LogP contribution in [0, 0.1) is 6.92 Å². The first-order valence-corrected chi connectivity index (χ1v) is 10.9. The van der Waals surface area contributed by atoms with Crippen molar-refractivity contribution < 1.29 is 14.3 Å². The molecule has 0 saturated carbocycles. The fraction of sp³-hybridized carbons (Fsp3) is 0.0769. The molecular formula is C26H21BrN2O3. The van der Waals surface area contributed by atoms with Gasteiger partial charge in [-0.1, -0.05) is 48.5 Å². The third-order valence-corrected chi connectivity index (χ3v) is 5.82. The zero-order chi connectivity index (χ0) is 22.5. The summed E-state index contributed by atoms with van der Waals surface area (Å²) in [6, 6.07) is 26.1. The van der Waals surface area contributed by atoms with Crippen LogP contribution in [0.1, 0.15) is 15.9 Å². The van der Waals surface area contributed by atoms with Gasteiger partial charge in [0.25, 0.3) is 11.8 Å². The summed E-state index contributed by atoms with van der Waals surface area (Å²) < 4.78 is 6.52. The van der Waals surface area contributed by atoms with Gasteiger partial charge in [0.05, 0.1) is 4.47 Å². The van der Waals surface area contributed by atoms with Crippen molar-refractivity contribution in [2.45, 2.75) is 6.92 Å². The molecule has 0 aliphatic heterocycles. The zero-order valence-electron chi connectivity index (χ0n) is 17.4. The van der Waals surface area contributed by atoms with E-state index in [0.29, 0.717) is 22.7 Å². The van der Waals surface area contributed by atoms with Crippen LogP contribution in [0.4, 0.5) is 11.4 Å². The van der Waals surface area contributed by atoms with Crippen molar-refractivity contribution in [3.05, 3.63) is 101 Å². The van der Waals surface area contributed by atoms with Crippen molar-refractivity contribution in [2.24, 2.45) is 0 Å². The molecular weight excluding hydrogens is 468 g/mol. The molecule has 5 nitrogen and oxygen atoms in total. The van der Waals surface area contributed by atoms with Crippen molar-refractivity contribution >= 4 is 49.9 Å². The summed E-state index contributed by atoms with van der Waals surface area (Å²) in [7, 11) is 0. The number of aryl methyl sites for hydroxylation is 1. The zero-order valence-corrected chi connectivity index (χ0v) is 19.0. The van der Waals surface area contributed by atoms with E-state index in [2.05, 4.69) is 26.6 Å². The molecule has 4 rings (SSSR count). The standard InChI is InChI=1S/C26H21BrN2O3/c1-17-6-2-4-8-21(17)26(31)29-20-13-11-19(12-14-20)28-24(30)16-32-23-15-10-18-7-3-5-9-22(18)25(23)27/h2-15H,16H2,1H3,(H,28,30)(H,29,31). The number of halogens is 1. The highest BCUT2D eigenvalue weighted by molar-refractivity contribution is 9.10.